The number of amides is 1. The van der Waals surface area contributed by atoms with Gasteiger partial charge >= 0.3 is 0 Å². The molecule has 1 atom stereocenters. The zero-order valence-corrected chi connectivity index (χ0v) is 17.7. The molecular formula is C22H19ClN2O4S. The normalized spacial score (nSPS) is 15.8. The number of fused-ring (bicyclic) bond motifs is 1. The molecule has 1 N–H and O–H groups in total. The molecule has 0 aromatic heterocycles. The first-order valence-electron chi connectivity index (χ1n) is 9.26. The lowest BCUT2D eigenvalue weighted by molar-refractivity contribution is -0.122. The van der Waals surface area contributed by atoms with Gasteiger partial charge in [-0.1, -0.05) is 47.5 Å². The molecule has 0 unspecified atom stereocenters. The van der Waals surface area contributed by atoms with Gasteiger partial charge in [0.2, 0.25) is 0 Å². The molecule has 0 aliphatic carbocycles. The summed E-state index contributed by atoms with van der Waals surface area (Å²) in [5, 5.41) is 3.21. The molecule has 154 valence electrons. The third kappa shape index (κ3) is 3.99. The predicted octanol–water partition coefficient (Wildman–Crippen LogP) is 4.24. The van der Waals surface area contributed by atoms with Crippen molar-refractivity contribution in [2.24, 2.45) is 0 Å². The highest BCUT2D eigenvalue weighted by Gasteiger charge is 2.37. The molecule has 1 heterocycles. The van der Waals surface area contributed by atoms with Crippen molar-refractivity contribution in [1.82, 2.24) is 0 Å². The van der Waals surface area contributed by atoms with Crippen molar-refractivity contribution in [3.05, 3.63) is 83.4 Å². The zero-order chi connectivity index (χ0) is 21.3. The molecule has 30 heavy (non-hydrogen) atoms. The number of nitrogens with zero attached hydrogens (tertiary/aromatic N) is 1. The number of hydrogen-bond acceptors (Lipinski definition) is 4. The molecule has 8 heteroatoms. The van der Waals surface area contributed by atoms with E-state index in [4.69, 9.17) is 16.3 Å². The fourth-order valence-corrected chi connectivity index (χ4v) is 4.86. The average molecular weight is 443 g/mol. The van der Waals surface area contributed by atoms with Gasteiger partial charge in [0, 0.05) is 10.7 Å². The smallest absolute Gasteiger partial charge is 0.267 e. The number of ether oxygens (including phenoxy) is 1. The number of aryl methyl sites for hydroxylation is 1. The van der Waals surface area contributed by atoms with Crippen molar-refractivity contribution in [2.45, 2.75) is 17.9 Å². The number of rotatable bonds is 4. The molecule has 1 aliphatic rings. The van der Waals surface area contributed by atoms with Gasteiger partial charge in [-0.3, -0.25) is 9.10 Å². The van der Waals surface area contributed by atoms with E-state index in [0.29, 0.717) is 22.1 Å². The van der Waals surface area contributed by atoms with Gasteiger partial charge in [0.15, 0.2) is 6.10 Å². The SMILES string of the molecule is Cc1ccc(S(=O)(=O)N2C[C@H](C(=O)Nc3cccc(Cl)c3)Oc3ccccc32)cc1. The van der Waals surface area contributed by atoms with Crippen molar-refractivity contribution in [3.8, 4) is 5.75 Å². The Morgan fingerprint density at radius 3 is 2.53 bits per heavy atom. The molecule has 0 saturated carbocycles. The lowest BCUT2D eigenvalue weighted by atomic mass is 10.2. The summed E-state index contributed by atoms with van der Waals surface area (Å²) in [6.45, 7) is 1.73. The summed E-state index contributed by atoms with van der Waals surface area (Å²) in [7, 11) is -3.89. The van der Waals surface area contributed by atoms with Gasteiger partial charge in [-0.05, 0) is 49.4 Å². The van der Waals surface area contributed by atoms with Crippen LogP contribution in [-0.4, -0.2) is 27.0 Å². The maximum Gasteiger partial charge on any atom is 0.267 e. The van der Waals surface area contributed by atoms with Crippen LogP contribution < -0.4 is 14.4 Å². The number of para-hydroxylation sites is 2. The van der Waals surface area contributed by atoms with E-state index in [9.17, 15) is 13.2 Å². The summed E-state index contributed by atoms with van der Waals surface area (Å²) < 4.78 is 33.8. The minimum absolute atomic E-state index is 0.152. The molecule has 0 spiro atoms. The van der Waals surface area contributed by atoms with Crippen LogP contribution in [0.15, 0.2) is 77.7 Å². The van der Waals surface area contributed by atoms with Crippen LogP contribution in [0, 0.1) is 6.92 Å². The van der Waals surface area contributed by atoms with Crippen LogP contribution in [0.4, 0.5) is 11.4 Å². The number of carbonyl (C=O) groups excluding carboxylic acids is 1. The Kier molecular flexibility index (Phi) is 5.40. The fourth-order valence-electron chi connectivity index (χ4n) is 3.19. The predicted molar refractivity (Wildman–Crippen MR) is 117 cm³/mol. The van der Waals surface area contributed by atoms with E-state index in [0.717, 1.165) is 5.56 Å². The third-order valence-corrected chi connectivity index (χ3v) is 6.76. The second kappa shape index (κ2) is 8.01. The van der Waals surface area contributed by atoms with E-state index in [2.05, 4.69) is 5.32 Å². The molecular weight excluding hydrogens is 424 g/mol. The summed E-state index contributed by atoms with van der Waals surface area (Å²) in [6.07, 6.45) is -1.03. The van der Waals surface area contributed by atoms with Gasteiger partial charge in [0.25, 0.3) is 15.9 Å². The molecule has 0 radical (unpaired) electrons. The summed E-state index contributed by atoms with van der Waals surface area (Å²) in [5.41, 5.74) is 1.85. The Morgan fingerprint density at radius 2 is 1.80 bits per heavy atom. The topological polar surface area (TPSA) is 75.7 Å². The van der Waals surface area contributed by atoms with Crippen LogP contribution in [0.25, 0.3) is 0 Å². The molecule has 6 nitrogen and oxygen atoms in total. The van der Waals surface area contributed by atoms with Crippen LogP contribution >= 0.6 is 11.6 Å². The molecule has 1 amide bonds. The zero-order valence-electron chi connectivity index (χ0n) is 16.1. The van der Waals surface area contributed by atoms with Gasteiger partial charge in [0.1, 0.15) is 5.75 Å². The van der Waals surface area contributed by atoms with E-state index in [1.165, 1.54) is 4.31 Å². The molecule has 0 fully saturated rings. The lowest BCUT2D eigenvalue weighted by Gasteiger charge is -2.34. The first-order valence-corrected chi connectivity index (χ1v) is 11.1. The first kappa shape index (κ1) is 20.3. The number of sulfonamides is 1. The summed E-state index contributed by atoms with van der Waals surface area (Å²) in [6, 6.07) is 20.1. The standard InChI is InChI=1S/C22H19ClN2O4S/c1-15-9-11-18(12-10-15)30(27,28)25-14-21(29-20-8-3-2-7-19(20)25)22(26)24-17-6-4-5-16(23)13-17/h2-13,21H,14H2,1H3,(H,24,26)/t21-/m1/s1. The fraction of sp³-hybridized carbons (Fsp3) is 0.136. The summed E-state index contributed by atoms with van der Waals surface area (Å²) in [4.78, 5) is 13.0. The second-order valence-electron chi connectivity index (χ2n) is 6.92. The lowest BCUT2D eigenvalue weighted by Crippen LogP contribution is -2.48. The largest absolute Gasteiger partial charge is 0.476 e. The van der Waals surface area contributed by atoms with Crippen LogP contribution in [0.2, 0.25) is 5.02 Å². The number of hydrogen-bond donors (Lipinski definition) is 1. The van der Waals surface area contributed by atoms with E-state index in [-0.39, 0.29) is 11.4 Å². The van der Waals surface area contributed by atoms with Gasteiger partial charge in [0.05, 0.1) is 17.1 Å². The maximum absolute atomic E-state index is 13.4. The molecule has 0 bridgehead atoms. The third-order valence-electron chi connectivity index (χ3n) is 4.73. The second-order valence-corrected chi connectivity index (χ2v) is 9.22. The Bertz CT molecular complexity index is 1200. The minimum Gasteiger partial charge on any atom is -0.476 e. The van der Waals surface area contributed by atoms with Gasteiger partial charge < -0.3 is 10.1 Å². The van der Waals surface area contributed by atoms with Gasteiger partial charge in [-0.15, -0.1) is 0 Å². The van der Waals surface area contributed by atoms with Crippen LogP contribution in [-0.2, 0) is 14.8 Å². The highest BCUT2D eigenvalue weighted by Crippen LogP contribution is 2.37. The van der Waals surface area contributed by atoms with E-state index in [1.807, 2.05) is 6.92 Å². The number of halogens is 1. The van der Waals surface area contributed by atoms with Crippen molar-refractivity contribution in [2.75, 3.05) is 16.2 Å². The maximum atomic E-state index is 13.4. The number of carbonyl (C=O) groups is 1. The van der Waals surface area contributed by atoms with E-state index < -0.39 is 22.0 Å². The van der Waals surface area contributed by atoms with Crippen molar-refractivity contribution < 1.29 is 17.9 Å². The van der Waals surface area contributed by atoms with Crippen LogP contribution in [0.5, 0.6) is 5.75 Å². The Morgan fingerprint density at radius 1 is 1.07 bits per heavy atom. The van der Waals surface area contributed by atoms with Gasteiger partial charge in [-0.2, -0.15) is 0 Å². The molecule has 4 rings (SSSR count). The van der Waals surface area contributed by atoms with Crippen molar-refractivity contribution in [1.29, 1.82) is 0 Å². The average Bonchev–Trinajstić information content (AvgIpc) is 2.73. The monoisotopic (exact) mass is 442 g/mol. The first-order chi connectivity index (χ1) is 14.3. The Balaban J connectivity index is 1.67. The molecule has 0 saturated heterocycles. The Hall–Kier alpha value is -3.03. The summed E-state index contributed by atoms with van der Waals surface area (Å²) in [5.74, 6) is -0.137. The van der Waals surface area contributed by atoms with Crippen molar-refractivity contribution >= 4 is 38.9 Å². The molecule has 1 aliphatic heterocycles. The van der Waals surface area contributed by atoms with Crippen molar-refractivity contribution in [3.63, 3.8) is 0 Å². The number of benzene rings is 3. The quantitative estimate of drug-likeness (QED) is 0.655. The highest BCUT2D eigenvalue weighted by molar-refractivity contribution is 7.92. The minimum atomic E-state index is -3.89. The van der Waals surface area contributed by atoms with Crippen LogP contribution in [0.1, 0.15) is 5.56 Å². The number of anilines is 2. The van der Waals surface area contributed by atoms with Gasteiger partial charge in [-0.25, -0.2) is 8.42 Å². The molecule has 3 aromatic rings. The molecule has 3 aromatic carbocycles. The van der Waals surface area contributed by atoms with E-state index >= 15 is 0 Å². The number of nitrogens with one attached hydrogen (secondary N) is 1. The highest BCUT2D eigenvalue weighted by atomic mass is 35.5. The van der Waals surface area contributed by atoms with E-state index in [1.54, 1.807) is 72.8 Å². The Labute approximate surface area is 180 Å². The summed E-state index contributed by atoms with van der Waals surface area (Å²) >= 11 is 5.97. The van der Waals surface area contributed by atoms with Crippen LogP contribution in [0.3, 0.4) is 0 Å².